The van der Waals surface area contributed by atoms with E-state index in [4.69, 9.17) is 24.4 Å². The first kappa shape index (κ1) is 26.6. The number of carboxylic acids is 1. The smallest absolute Gasteiger partial charge is 0.338 e. The molecule has 9 nitrogen and oxygen atoms in total. The van der Waals surface area contributed by atoms with E-state index >= 15 is 0 Å². The van der Waals surface area contributed by atoms with E-state index in [-0.39, 0.29) is 41.8 Å². The molecule has 0 aromatic heterocycles. The second kappa shape index (κ2) is 11.8. The Balaban J connectivity index is 1.29. The number of hydrogen-bond acceptors (Lipinski definition) is 8. The standard InChI is InChI=1S/C28H24O9S/c29-13-14-35-23-5-9-25(10-6-23)38(33,34)26-11-7-24(8-12-26)36-15-16-37-28(32)22-4-2-19-17-21(27(30)31)3-1-20(19)18-22/h1-12,17-18,29H,13-16H2,(H,30,31). The van der Waals surface area contributed by atoms with E-state index in [2.05, 4.69) is 0 Å². The number of sulfone groups is 1. The molecule has 38 heavy (non-hydrogen) atoms. The van der Waals surface area contributed by atoms with Crippen molar-refractivity contribution >= 4 is 32.5 Å². The molecule has 2 N–H and O–H groups in total. The summed E-state index contributed by atoms with van der Waals surface area (Å²) >= 11 is 0. The van der Waals surface area contributed by atoms with E-state index in [0.717, 1.165) is 0 Å². The third kappa shape index (κ3) is 6.28. The first-order chi connectivity index (χ1) is 18.3. The molecular formula is C28H24O9S. The van der Waals surface area contributed by atoms with Crippen LogP contribution in [0, 0.1) is 0 Å². The first-order valence-corrected chi connectivity index (χ1v) is 13.0. The molecule has 0 radical (unpaired) electrons. The SMILES string of the molecule is O=C(O)c1ccc2cc(C(=O)OCCOc3ccc(S(=O)(=O)c4ccc(OCCO)cc4)cc3)ccc2c1. The molecule has 0 aliphatic carbocycles. The monoisotopic (exact) mass is 536 g/mol. The predicted octanol–water partition coefficient (Wildman–Crippen LogP) is 3.98. The van der Waals surface area contributed by atoms with Gasteiger partial charge < -0.3 is 24.4 Å². The Bertz CT molecular complexity index is 1540. The van der Waals surface area contributed by atoms with E-state index in [1.165, 1.54) is 60.7 Å². The molecule has 0 aliphatic rings. The summed E-state index contributed by atoms with van der Waals surface area (Å²) in [5, 5.41) is 19.3. The van der Waals surface area contributed by atoms with Crippen molar-refractivity contribution in [3.05, 3.63) is 96.1 Å². The van der Waals surface area contributed by atoms with Gasteiger partial charge in [0.2, 0.25) is 9.84 Å². The van der Waals surface area contributed by atoms with Crippen molar-refractivity contribution < 1.29 is 42.4 Å². The van der Waals surface area contributed by atoms with Gasteiger partial charge in [-0.25, -0.2) is 18.0 Å². The normalized spacial score (nSPS) is 11.2. The van der Waals surface area contributed by atoms with Crippen LogP contribution in [0.1, 0.15) is 20.7 Å². The van der Waals surface area contributed by atoms with Gasteiger partial charge in [0.25, 0.3) is 0 Å². The minimum absolute atomic E-state index is 0.0282. The van der Waals surface area contributed by atoms with Crippen molar-refractivity contribution in [3.8, 4) is 11.5 Å². The summed E-state index contributed by atoms with van der Waals surface area (Å²) in [6.45, 7) is 0.00884. The molecule has 0 fully saturated rings. The lowest BCUT2D eigenvalue weighted by molar-refractivity contribution is 0.0450. The minimum Gasteiger partial charge on any atom is -0.491 e. The Kier molecular flexibility index (Phi) is 8.25. The number of aromatic carboxylic acids is 1. The number of aliphatic hydroxyl groups is 1. The number of hydrogen-bond donors (Lipinski definition) is 2. The fraction of sp³-hybridized carbons (Fsp3) is 0.143. The fourth-order valence-electron chi connectivity index (χ4n) is 3.61. The van der Waals surface area contributed by atoms with E-state index in [1.807, 2.05) is 0 Å². The zero-order valence-corrected chi connectivity index (χ0v) is 20.9. The topological polar surface area (TPSA) is 136 Å². The zero-order valence-electron chi connectivity index (χ0n) is 20.1. The van der Waals surface area contributed by atoms with Crippen molar-refractivity contribution in [2.75, 3.05) is 26.4 Å². The maximum absolute atomic E-state index is 12.9. The summed E-state index contributed by atoms with van der Waals surface area (Å²) in [5.41, 5.74) is 0.484. The number of benzene rings is 4. The largest absolute Gasteiger partial charge is 0.491 e. The van der Waals surface area contributed by atoms with Gasteiger partial charge in [0.15, 0.2) is 0 Å². The quantitative estimate of drug-likeness (QED) is 0.215. The van der Waals surface area contributed by atoms with Crippen molar-refractivity contribution in [2.45, 2.75) is 9.79 Å². The Morgan fingerprint density at radius 1 is 0.658 bits per heavy atom. The van der Waals surface area contributed by atoms with Crippen LogP contribution in [0.4, 0.5) is 0 Å². The third-order valence-electron chi connectivity index (χ3n) is 5.54. The average molecular weight is 537 g/mol. The van der Waals surface area contributed by atoms with Gasteiger partial charge in [0, 0.05) is 0 Å². The van der Waals surface area contributed by atoms with Crippen LogP contribution in [0.3, 0.4) is 0 Å². The zero-order chi connectivity index (χ0) is 27.1. The van der Waals surface area contributed by atoms with Gasteiger partial charge in [0.05, 0.1) is 27.5 Å². The molecule has 10 heteroatoms. The van der Waals surface area contributed by atoms with Crippen molar-refractivity contribution in [2.24, 2.45) is 0 Å². The van der Waals surface area contributed by atoms with Crippen LogP contribution in [-0.4, -0.2) is 57.0 Å². The summed E-state index contributed by atoms with van der Waals surface area (Å²) in [6.07, 6.45) is 0. The van der Waals surface area contributed by atoms with Crippen LogP contribution in [0.25, 0.3) is 10.8 Å². The highest BCUT2D eigenvalue weighted by Crippen LogP contribution is 2.25. The molecule has 0 saturated carbocycles. The van der Waals surface area contributed by atoms with Gasteiger partial charge in [-0.3, -0.25) is 0 Å². The number of ether oxygens (including phenoxy) is 3. The highest BCUT2D eigenvalue weighted by atomic mass is 32.2. The molecule has 0 aliphatic heterocycles. The van der Waals surface area contributed by atoms with Gasteiger partial charge in [-0.1, -0.05) is 12.1 Å². The van der Waals surface area contributed by atoms with Gasteiger partial charge in [-0.2, -0.15) is 0 Å². The molecule has 0 bridgehead atoms. The molecule has 0 atom stereocenters. The maximum atomic E-state index is 12.9. The number of aliphatic hydroxyl groups excluding tert-OH is 1. The third-order valence-corrected chi connectivity index (χ3v) is 7.32. The fourth-order valence-corrected chi connectivity index (χ4v) is 4.87. The van der Waals surface area contributed by atoms with E-state index in [1.54, 1.807) is 24.3 Å². The second-order valence-electron chi connectivity index (χ2n) is 8.08. The van der Waals surface area contributed by atoms with Crippen LogP contribution in [0.2, 0.25) is 0 Å². The Morgan fingerprint density at radius 3 is 1.68 bits per heavy atom. The number of carbonyl (C=O) groups is 2. The second-order valence-corrected chi connectivity index (χ2v) is 10.0. The number of carboxylic acid groups (broad SMARTS) is 1. The minimum atomic E-state index is -3.74. The van der Waals surface area contributed by atoms with Crippen LogP contribution in [0.5, 0.6) is 11.5 Å². The average Bonchev–Trinajstić information content (AvgIpc) is 2.94. The van der Waals surface area contributed by atoms with Crippen molar-refractivity contribution in [1.82, 2.24) is 0 Å². The molecule has 4 aromatic rings. The van der Waals surface area contributed by atoms with Gasteiger partial charge >= 0.3 is 11.9 Å². The molecule has 4 rings (SSSR count). The molecule has 0 amide bonds. The summed E-state index contributed by atoms with van der Waals surface area (Å²) in [5.74, 6) is -0.708. The van der Waals surface area contributed by atoms with E-state index in [0.29, 0.717) is 27.8 Å². The van der Waals surface area contributed by atoms with Gasteiger partial charge in [0.1, 0.15) is 31.3 Å². The van der Waals surface area contributed by atoms with Crippen molar-refractivity contribution in [1.29, 1.82) is 0 Å². The van der Waals surface area contributed by atoms with Crippen LogP contribution in [0.15, 0.2) is 94.7 Å². The molecule has 0 unspecified atom stereocenters. The highest BCUT2D eigenvalue weighted by molar-refractivity contribution is 7.91. The maximum Gasteiger partial charge on any atom is 0.338 e. The molecule has 4 aromatic carbocycles. The molecule has 196 valence electrons. The Hall–Kier alpha value is -4.41. The molecule has 0 saturated heterocycles. The Labute approximate surface area is 218 Å². The first-order valence-electron chi connectivity index (χ1n) is 11.5. The number of rotatable bonds is 11. The van der Waals surface area contributed by atoms with Crippen LogP contribution >= 0.6 is 0 Å². The van der Waals surface area contributed by atoms with E-state index < -0.39 is 21.8 Å². The lowest BCUT2D eigenvalue weighted by Gasteiger charge is -2.10. The van der Waals surface area contributed by atoms with Gasteiger partial charge in [-0.05, 0) is 83.6 Å². The summed E-state index contributed by atoms with van der Waals surface area (Å²) in [7, 11) is -3.74. The Morgan fingerprint density at radius 2 is 1.16 bits per heavy atom. The van der Waals surface area contributed by atoms with Crippen LogP contribution < -0.4 is 9.47 Å². The number of fused-ring (bicyclic) bond motifs is 1. The molecule has 0 spiro atoms. The van der Waals surface area contributed by atoms with Crippen molar-refractivity contribution in [3.63, 3.8) is 0 Å². The lowest BCUT2D eigenvalue weighted by Crippen LogP contribution is -2.12. The molecule has 0 heterocycles. The summed E-state index contributed by atoms with van der Waals surface area (Å²) in [6, 6.07) is 21.3. The summed E-state index contributed by atoms with van der Waals surface area (Å²) < 4.78 is 41.8. The highest BCUT2D eigenvalue weighted by Gasteiger charge is 2.18. The number of esters is 1. The molecular weight excluding hydrogens is 512 g/mol. The lowest BCUT2D eigenvalue weighted by atomic mass is 10.0. The van der Waals surface area contributed by atoms with Crippen LogP contribution in [-0.2, 0) is 14.6 Å². The summed E-state index contributed by atoms with van der Waals surface area (Å²) in [4.78, 5) is 23.7. The van der Waals surface area contributed by atoms with E-state index in [9.17, 15) is 18.0 Å². The van der Waals surface area contributed by atoms with Gasteiger partial charge in [-0.15, -0.1) is 0 Å². The predicted molar refractivity (Wildman–Crippen MR) is 138 cm³/mol. The number of carbonyl (C=O) groups excluding carboxylic acids is 1.